The van der Waals surface area contributed by atoms with Gasteiger partial charge in [0.2, 0.25) is 0 Å². The number of amides is 1. The van der Waals surface area contributed by atoms with Crippen molar-refractivity contribution < 1.29 is 14.3 Å². The molecule has 0 N–H and O–H groups in total. The molecule has 0 saturated heterocycles. The summed E-state index contributed by atoms with van der Waals surface area (Å²) in [5.74, 6) is -0.744. The Kier molecular flexibility index (Phi) is 5.86. The Balaban J connectivity index is 1.81. The summed E-state index contributed by atoms with van der Waals surface area (Å²) in [6.07, 6.45) is 3.16. The first-order chi connectivity index (χ1) is 14.7. The van der Waals surface area contributed by atoms with Crippen LogP contribution in [0.15, 0.2) is 77.8 Å². The minimum Gasteiger partial charge on any atom is -0.465 e. The smallest absolute Gasteiger partial charge is 0.326 e. The monoisotopic (exact) mass is 416 g/mol. The fourth-order valence-corrected chi connectivity index (χ4v) is 4.41. The summed E-state index contributed by atoms with van der Waals surface area (Å²) in [5, 5.41) is 2.16. The number of thiazole rings is 1. The van der Waals surface area contributed by atoms with Gasteiger partial charge in [-0.3, -0.25) is 9.59 Å². The first-order valence-corrected chi connectivity index (χ1v) is 10.5. The van der Waals surface area contributed by atoms with Crippen LogP contribution in [0, 0.1) is 0 Å². The molecule has 0 aliphatic carbocycles. The van der Waals surface area contributed by atoms with Gasteiger partial charge in [0.1, 0.15) is 6.54 Å². The van der Waals surface area contributed by atoms with Crippen LogP contribution in [0.1, 0.15) is 12.5 Å². The minimum absolute atomic E-state index is 0.000688. The molecule has 4 rings (SSSR count). The van der Waals surface area contributed by atoms with E-state index in [9.17, 15) is 9.59 Å². The van der Waals surface area contributed by atoms with Gasteiger partial charge in [0.05, 0.1) is 16.8 Å². The standard InChI is InChI=1S/C24H20N2O3S/c1-2-29-22(28)16-26-20-14-13-18-10-6-7-11-19(18)23(20)30-24(26)25-21(27)15-12-17-8-4-3-5-9-17/h3-15H,2,16H2,1H3/b15-12+,25-24?. The lowest BCUT2D eigenvalue weighted by Gasteiger charge is -2.05. The van der Waals surface area contributed by atoms with Crippen molar-refractivity contribution in [2.75, 3.05) is 6.61 Å². The summed E-state index contributed by atoms with van der Waals surface area (Å²) in [4.78, 5) is 29.4. The Labute approximate surface area is 177 Å². The molecule has 0 fully saturated rings. The molecule has 0 radical (unpaired) electrons. The van der Waals surface area contributed by atoms with Crippen LogP contribution < -0.4 is 4.80 Å². The fourth-order valence-electron chi connectivity index (χ4n) is 3.24. The Morgan fingerprint density at radius 2 is 1.80 bits per heavy atom. The van der Waals surface area contributed by atoms with Gasteiger partial charge in [0.25, 0.3) is 5.91 Å². The van der Waals surface area contributed by atoms with Gasteiger partial charge >= 0.3 is 5.97 Å². The number of fused-ring (bicyclic) bond motifs is 3. The quantitative estimate of drug-likeness (QED) is 0.354. The lowest BCUT2D eigenvalue weighted by atomic mass is 10.1. The van der Waals surface area contributed by atoms with Crippen LogP contribution in [-0.4, -0.2) is 23.1 Å². The van der Waals surface area contributed by atoms with Crippen molar-refractivity contribution in [3.05, 3.63) is 83.2 Å². The number of esters is 1. The Bertz CT molecular complexity index is 1320. The van der Waals surface area contributed by atoms with E-state index in [1.807, 2.05) is 66.7 Å². The molecule has 5 nitrogen and oxygen atoms in total. The van der Waals surface area contributed by atoms with E-state index in [1.165, 1.54) is 17.4 Å². The van der Waals surface area contributed by atoms with Gasteiger partial charge in [-0.15, -0.1) is 0 Å². The third kappa shape index (κ3) is 4.23. The number of hydrogen-bond acceptors (Lipinski definition) is 4. The zero-order chi connectivity index (χ0) is 20.9. The van der Waals surface area contributed by atoms with Gasteiger partial charge in [0, 0.05) is 11.5 Å². The molecular formula is C24H20N2O3S. The average Bonchev–Trinajstić information content (AvgIpc) is 3.10. The molecule has 0 unspecified atom stereocenters. The topological polar surface area (TPSA) is 60.7 Å². The molecular weight excluding hydrogens is 396 g/mol. The largest absolute Gasteiger partial charge is 0.465 e. The van der Waals surface area contributed by atoms with Crippen molar-refractivity contribution in [1.82, 2.24) is 4.57 Å². The molecule has 150 valence electrons. The van der Waals surface area contributed by atoms with E-state index >= 15 is 0 Å². The second-order valence-electron chi connectivity index (χ2n) is 6.60. The van der Waals surface area contributed by atoms with Crippen molar-refractivity contribution >= 4 is 50.3 Å². The zero-order valence-corrected chi connectivity index (χ0v) is 17.3. The Morgan fingerprint density at radius 1 is 1.03 bits per heavy atom. The predicted octanol–water partition coefficient (Wildman–Crippen LogP) is 4.56. The molecule has 6 heteroatoms. The number of nitrogens with zero attached hydrogens (tertiary/aromatic N) is 2. The summed E-state index contributed by atoms with van der Waals surface area (Å²) in [6.45, 7) is 2.07. The SMILES string of the molecule is CCOC(=O)Cn1c(=NC(=O)/C=C/c2ccccc2)sc2c3ccccc3ccc21. The van der Waals surface area contributed by atoms with E-state index in [4.69, 9.17) is 4.74 Å². The summed E-state index contributed by atoms with van der Waals surface area (Å²) < 4.78 is 7.85. The molecule has 1 amide bonds. The number of ether oxygens (including phenoxy) is 1. The van der Waals surface area contributed by atoms with Crippen molar-refractivity contribution in [2.45, 2.75) is 13.5 Å². The van der Waals surface area contributed by atoms with Gasteiger partial charge in [-0.1, -0.05) is 72.0 Å². The lowest BCUT2D eigenvalue weighted by molar-refractivity contribution is -0.143. The summed E-state index contributed by atoms with van der Waals surface area (Å²) in [6, 6.07) is 21.6. The van der Waals surface area contributed by atoms with Gasteiger partial charge in [-0.05, 0) is 30.0 Å². The maximum atomic E-state index is 12.5. The second-order valence-corrected chi connectivity index (χ2v) is 7.58. The molecule has 1 aromatic heterocycles. The first-order valence-electron chi connectivity index (χ1n) is 9.64. The number of benzene rings is 3. The van der Waals surface area contributed by atoms with Gasteiger partial charge in [-0.2, -0.15) is 4.99 Å². The normalized spacial score (nSPS) is 12.1. The van der Waals surface area contributed by atoms with Crippen LogP contribution in [-0.2, 0) is 20.9 Å². The van der Waals surface area contributed by atoms with Crippen molar-refractivity contribution in [3.63, 3.8) is 0 Å². The lowest BCUT2D eigenvalue weighted by Crippen LogP contribution is -2.22. The third-order valence-corrected chi connectivity index (χ3v) is 5.72. The van der Waals surface area contributed by atoms with Crippen LogP contribution in [0.3, 0.4) is 0 Å². The van der Waals surface area contributed by atoms with Crippen LogP contribution in [0.4, 0.5) is 0 Å². The van der Waals surface area contributed by atoms with E-state index in [0.717, 1.165) is 26.6 Å². The maximum Gasteiger partial charge on any atom is 0.326 e. The van der Waals surface area contributed by atoms with E-state index in [1.54, 1.807) is 17.6 Å². The van der Waals surface area contributed by atoms with E-state index < -0.39 is 0 Å². The molecule has 30 heavy (non-hydrogen) atoms. The maximum absolute atomic E-state index is 12.5. The fraction of sp³-hybridized carbons (Fsp3) is 0.125. The molecule has 0 aliphatic heterocycles. The van der Waals surface area contributed by atoms with E-state index in [0.29, 0.717) is 11.4 Å². The molecule has 3 aromatic carbocycles. The first kappa shape index (κ1) is 19.8. The highest BCUT2D eigenvalue weighted by Gasteiger charge is 2.13. The highest BCUT2D eigenvalue weighted by Crippen LogP contribution is 2.27. The van der Waals surface area contributed by atoms with Crippen molar-refractivity contribution in [1.29, 1.82) is 0 Å². The number of rotatable bonds is 5. The van der Waals surface area contributed by atoms with Crippen LogP contribution >= 0.6 is 11.3 Å². The molecule has 1 heterocycles. The van der Waals surface area contributed by atoms with Crippen LogP contribution in [0.25, 0.3) is 27.1 Å². The van der Waals surface area contributed by atoms with Crippen LogP contribution in [0.5, 0.6) is 0 Å². The summed E-state index contributed by atoms with van der Waals surface area (Å²) >= 11 is 1.40. The Hall–Kier alpha value is -3.51. The second kappa shape index (κ2) is 8.88. The summed E-state index contributed by atoms with van der Waals surface area (Å²) in [7, 11) is 0. The predicted molar refractivity (Wildman–Crippen MR) is 120 cm³/mol. The van der Waals surface area contributed by atoms with E-state index in [-0.39, 0.29) is 18.4 Å². The number of hydrogen-bond donors (Lipinski definition) is 0. The van der Waals surface area contributed by atoms with Gasteiger partial charge in [-0.25, -0.2) is 0 Å². The Morgan fingerprint density at radius 3 is 2.60 bits per heavy atom. The van der Waals surface area contributed by atoms with Gasteiger partial charge < -0.3 is 9.30 Å². The highest BCUT2D eigenvalue weighted by atomic mass is 32.1. The van der Waals surface area contributed by atoms with Crippen molar-refractivity contribution in [3.8, 4) is 0 Å². The number of carbonyl (C=O) groups is 2. The van der Waals surface area contributed by atoms with E-state index in [2.05, 4.69) is 4.99 Å². The summed E-state index contributed by atoms with van der Waals surface area (Å²) in [5.41, 5.74) is 1.77. The zero-order valence-electron chi connectivity index (χ0n) is 16.4. The van der Waals surface area contributed by atoms with Gasteiger partial charge in [0.15, 0.2) is 4.80 Å². The number of carbonyl (C=O) groups excluding carboxylic acids is 2. The van der Waals surface area contributed by atoms with Crippen molar-refractivity contribution in [2.24, 2.45) is 4.99 Å². The molecule has 0 bridgehead atoms. The molecule has 0 saturated carbocycles. The van der Waals surface area contributed by atoms with Crippen LogP contribution in [0.2, 0.25) is 0 Å². The number of aromatic nitrogens is 1. The molecule has 0 aliphatic rings. The molecule has 0 atom stereocenters. The average molecular weight is 417 g/mol. The molecule has 0 spiro atoms. The minimum atomic E-state index is -0.382. The molecule has 4 aromatic rings. The highest BCUT2D eigenvalue weighted by molar-refractivity contribution is 7.17. The third-order valence-electron chi connectivity index (χ3n) is 4.59.